The van der Waals surface area contributed by atoms with Crippen LogP contribution < -0.4 is 5.73 Å². The molecule has 0 fully saturated rings. The molecule has 2 amide bonds. The summed E-state index contributed by atoms with van der Waals surface area (Å²) < 4.78 is 25.9. The summed E-state index contributed by atoms with van der Waals surface area (Å²) in [4.78, 5) is 24.1. The number of nitrogens with two attached hydrogens (primary N) is 1. The molecule has 0 spiro atoms. The van der Waals surface area contributed by atoms with E-state index in [2.05, 4.69) is 12.2 Å². The number of thiocarbonyl (C=S) groups is 1. The van der Waals surface area contributed by atoms with Gasteiger partial charge in [0.15, 0.2) is 11.6 Å². The quantitative estimate of drug-likeness (QED) is 0.629. The zero-order valence-corrected chi connectivity index (χ0v) is 9.18. The molecule has 7 heteroatoms. The van der Waals surface area contributed by atoms with Gasteiger partial charge in [-0.3, -0.25) is 14.5 Å². The van der Waals surface area contributed by atoms with Gasteiger partial charge in [-0.05, 0) is 12.1 Å². The van der Waals surface area contributed by atoms with E-state index in [1.54, 1.807) is 0 Å². The number of hydrogen-bond donors (Lipinski definition) is 1. The molecule has 0 radical (unpaired) electrons. The van der Waals surface area contributed by atoms with Gasteiger partial charge in [0.2, 0.25) is 0 Å². The highest BCUT2D eigenvalue weighted by atomic mass is 32.1. The zero-order valence-electron chi connectivity index (χ0n) is 8.37. The van der Waals surface area contributed by atoms with Crippen molar-refractivity contribution in [1.82, 2.24) is 4.90 Å². The fourth-order valence-electron chi connectivity index (χ4n) is 1.58. The highest BCUT2D eigenvalue weighted by molar-refractivity contribution is 7.80. The van der Waals surface area contributed by atoms with Crippen molar-refractivity contribution in [2.45, 2.75) is 0 Å². The molecule has 1 aliphatic rings. The third-order valence-electron chi connectivity index (χ3n) is 2.33. The molecule has 2 N–H and O–H groups in total. The van der Waals surface area contributed by atoms with Gasteiger partial charge in [-0.15, -0.1) is 0 Å². The topological polar surface area (TPSA) is 63.4 Å². The number of imide groups is 1. The lowest BCUT2D eigenvalue weighted by atomic mass is 10.1. The SMILES string of the molecule is NC(=S)CN1C(=O)c2cc(F)c(F)cc2C1=O. The number of carbonyl (C=O) groups is 2. The maximum atomic E-state index is 13.0. The minimum atomic E-state index is -1.18. The lowest BCUT2D eigenvalue weighted by molar-refractivity contribution is 0.0677. The second kappa shape index (κ2) is 3.85. The van der Waals surface area contributed by atoms with Gasteiger partial charge in [0.25, 0.3) is 11.8 Å². The van der Waals surface area contributed by atoms with Crippen molar-refractivity contribution in [3.05, 3.63) is 34.9 Å². The first kappa shape index (κ1) is 11.6. The van der Waals surface area contributed by atoms with E-state index in [4.69, 9.17) is 5.73 Å². The second-order valence-electron chi connectivity index (χ2n) is 3.47. The first-order valence-electron chi connectivity index (χ1n) is 4.55. The largest absolute Gasteiger partial charge is 0.392 e. The maximum Gasteiger partial charge on any atom is 0.262 e. The van der Waals surface area contributed by atoms with Crippen molar-refractivity contribution in [3.8, 4) is 0 Å². The lowest BCUT2D eigenvalue weighted by Crippen LogP contribution is -2.36. The van der Waals surface area contributed by atoms with Crippen LogP contribution in [0, 0.1) is 11.6 Å². The molecule has 0 aromatic heterocycles. The van der Waals surface area contributed by atoms with Crippen molar-refractivity contribution in [1.29, 1.82) is 0 Å². The number of amides is 2. The number of halogens is 2. The van der Waals surface area contributed by atoms with Gasteiger partial charge in [-0.1, -0.05) is 12.2 Å². The van der Waals surface area contributed by atoms with Gasteiger partial charge < -0.3 is 5.73 Å². The molecule has 0 aliphatic carbocycles. The van der Waals surface area contributed by atoms with E-state index < -0.39 is 23.4 Å². The van der Waals surface area contributed by atoms with Gasteiger partial charge in [0.05, 0.1) is 22.7 Å². The Morgan fingerprint density at radius 3 is 1.94 bits per heavy atom. The summed E-state index contributed by atoms with van der Waals surface area (Å²) in [5.41, 5.74) is 4.88. The van der Waals surface area contributed by atoms with Crippen LogP contribution in [-0.4, -0.2) is 28.2 Å². The van der Waals surface area contributed by atoms with E-state index in [-0.39, 0.29) is 22.7 Å². The molecule has 0 saturated heterocycles. The van der Waals surface area contributed by atoms with Crippen molar-refractivity contribution >= 4 is 29.0 Å². The van der Waals surface area contributed by atoms with Gasteiger partial charge in [0.1, 0.15) is 0 Å². The Labute approximate surface area is 100.0 Å². The van der Waals surface area contributed by atoms with Crippen molar-refractivity contribution in [3.63, 3.8) is 0 Å². The van der Waals surface area contributed by atoms with Crippen molar-refractivity contribution in [2.24, 2.45) is 5.73 Å². The zero-order chi connectivity index (χ0) is 12.7. The Bertz CT molecular complexity index is 518. The Morgan fingerprint density at radius 1 is 1.18 bits per heavy atom. The first-order chi connectivity index (χ1) is 7.91. The minimum Gasteiger partial charge on any atom is -0.392 e. The summed E-state index contributed by atoms with van der Waals surface area (Å²) in [6.07, 6.45) is 0. The van der Waals surface area contributed by atoms with Crippen LogP contribution in [0.25, 0.3) is 0 Å². The molecule has 0 bridgehead atoms. The molecule has 88 valence electrons. The summed E-state index contributed by atoms with van der Waals surface area (Å²) in [5, 5.41) is 0. The summed E-state index contributed by atoms with van der Waals surface area (Å²) >= 11 is 4.58. The van der Waals surface area contributed by atoms with Crippen LogP contribution >= 0.6 is 12.2 Å². The molecule has 0 unspecified atom stereocenters. The highest BCUT2D eigenvalue weighted by Gasteiger charge is 2.36. The number of benzene rings is 1. The van der Waals surface area contributed by atoms with Crippen LogP contribution in [0.2, 0.25) is 0 Å². The molecule has 1 aromatic rings. The Kier molecular flexibility index (Phi) is 2.62. The van der Waals surface area contributed by atoms with E-state index >= 15 is 0 Å². The lowest BCUT2D eigenvalue weighted by Gasteiger charge is -2.11. The van der Waals surface area contributed by atoms with E-state index in [9.17, 15) is 18.4 Å². The van der Waals surface area contributed by atoms with Gasteiger partial charge in [0, 0.05) is 0 Å². The average molecular weight is 256 g/mol. The van der Waals surface area contributed by atoms with Crippen molar-refractivity contribution in [2.75, 3.05) is 6.54 Å². The van der Waals surface area contributed by atoms with Crippen molar-refractivity contribution < 1.29 is 18.4 Å². The summed E-state index contributed by atoms with van der Waals surface area (Å²) in [7, 11) is 0. The Balaban J connectivity index is 2.49. The van der Waals surface area contributed by atoms with Crippen LogP contribution in [0.4, 0.5) is 8.78 Å². The monoisotopic (exact) mass is 256 g/mol. The summed E-state index contributed by atoms with van der Waals surface area (Å²) in [5.74, 6) is -3.81. The summed E-state index contributed by atoms with van der Waals surface area (Å²) in [6.45, 7) is -0.245. The Morgan fingerprint density at radius 2 is 1.59 bits per heavy atom. The third kappa shape index (κ3) is 1.78. The van der Waals surface area contributed by atoms with Crippen LogP contribution in [0.15, 0.2) is 12.1 Å². The van der Waals surface area contributed by atoms with Crippen LogP contribution in [0.3, 0.4) is 0 Å². The third-order valence-corrected chi connectivity index (χ3v) is 2.45. The molecular weight excluding hydrogens is 250 g/mol. The average Bonchev–Trinajstić information content (AvgIpc) is 2.45. The minimum absolute atomic E-state index is 0.0551. The number of rotatable bonds is 2. The second-order valence-corrected chi connectivity index (χ2v) is 4.00. The van der Waals surface area contributed by atoms with Crippen LogP contribution in [0.1, 0.15) is 20.7 Å². The molecule has 1 aromatic carbocycles. The van der Waals surface area contributed by atoms with Gasteiger partial charge in [-0.2, -0.15) is 0 Å². The normalized spacial score (nSPS) is 14.1. The molecule has 17 heavy (non-hydrogen) atoms. The van der Waals surface area contributed by atoms with Crippen LogP contribution in [0.5, 0.6) is 0 Å². The fraction of sp³-hybridized carbons (Fsp3) is 0.100. The summed E-state index contributed by atoms with van der Waals surface area (Å²) in [6, 6.07) is 1.40. The van der Waals surface area contributed by atoms with E-state index in [1.807, 2.05) is 0 Å². The Hall–Kier alpha value is -1.89. The molecule has 1 aliphatic heterocycles. The number of nitrogens with zero attached hydrogens (tertiary/aromatic N) is 1. The smallest absolute Gasteiger partial charge is 0.262 e. The predicted octanol–water partition coefficient (Wildman–Crippen LogP) is 0.847. The van der Waals surface area contributed by atoms with E-state index in [0.29, 0.717) is 12.1 Å². The van der Waals surface area contributed by atoms with E-state index in [1.165, 1.54) is 0 Å². The molecule has 1 heterocycles. The van der Waals surface area contributed by atoms with Gasteiger partial charge >= 0.3 is 0 Å². The highest BCUT2D eigenvalue weighted by Crippen LogP contribution is 2.24. The molecule has 0 atom stereocenters. The fourth-order valence-corrected chi connectivity index (χ4v) is 1.71. The molecule has 0 saturated carbocycles. The van der Waals surface area contributed by atoms with Gasteiger partial charge in [-0.25, -0.2) is 8.78 Å². The molecule has 2 rings (SSSR count). The number of hydrogen-bond acceptors (Lipinski definition) is 3. The number of fused-ring (bicyclic) bond motifs is 1. The maximum absolute atomic E-state index is 13.0. The number of carbonyl (C=O) groups excluding carboxylic acids is 2. The standard InChI is InChI=1S/C10H6F2N2O2S/c11-6-1-4-5(2-7(6)12)10(16)14(9(4)15)3-8(13)17/h1-2H,3H2,(H2,13,17). The molecule has 4 nitrogen and oxygen atoms in total. The molecular formula is C10H6F2N2O2S. The van der Waals surface area contributed by atoms with E-state index in [0.717, 1.165) is 4.90 Å². The predicted molar refractivity (Wildman–Crippen MR) is 58.5 cm³/mol. The first-order valence-corrected chi connectivity index (χ1v) is 4.96. The van der Waals surface area contributed by atoms with Crippen LogP contribution in [-0.2, 0) is 0 Å².